The first-order chi connectivity index (χ1) is 6.47. The van der Waals surface area contributed by atoms with E-state index in [1.165, 1.54) is 16.0 Å². The predicted octanol–water partition coefficient (Wildman–Crippen LogP) is 1.54. The van der Waals surface area contributed by atoms with E-state index in [1.807, 2.05) is 0 Å². The smallest absolute Gasteiger partial charge is 0.208 e. The Kier molecular flexibility index (Phi) is 4.10. The third-order valence-electron chi connectivity index (χ3n) is 1.76. The summed E-state index contributed by atoms with van der Waals surface area (Å²) in [6.45, 7) is 2.60. The van der Waals surface area contributed by atoms with Gasteiger partial charge in [-0.1, -0.05) is 0 Å². The number of rotatable bonds is 5. The Bertz CT molecular complexity index is 381. The summed E-state index contributed by atoms with van der Waals surface area (Å²) < 4.78 is 24.0. The van der Waals surface area contributed by atoms with Crippen LogP contribution in [0.25, 0.3) is 0 Å². The second kappa shape index (κ2) is 4.91. The average Bonchev–Trinajstić information content (AvgIpc) is 2.44. The van der Waals surface area contributed by atoms with Crippen LogP contribution in [0.4, 0.5) is 0 Å². The predicted molar refractivity (Wildman–Crippen MR) is 60.2 cm³/mol. The van der Waals surface area contributed by atoms with Crippen molar-refractivity contribution in [3.8, 4) is 0 Å². The molecule has 0 aliphatic carbocycles. The topological polar surface area (TPSA) is 46.2 Å². The molecule has 0 saturated carbocycles. The van der Waals surface area contributed by atoms with E-state index in [4.69, 9.17) is 0 Å². The number of hydrogen-bond acceptors (Lipinski definition) is 3. The van der Waals surface area contributed by atoms with Gasteiger partial charge in [0, 0.05) is 16.3 Å². The maximum atomic E-state index is 10.7. The van der Waals surface area contributed by atoms with Gasteiger partial charge in [-0.25, -0.2) is 13.1 Å². The molecule has 0 radical (unpaired) electrons. The van der Waals surface area contributed by atoms with Gasteiger partial charge in [0.1, 0.15) is 0 Å². The lowest BCUT2D eigenvalue weighted by molar-refractivity contribution is 0.585. The van der Waals surface area contributed by atoms with Crippen molar-refractivity contribution in [2.45, 2.75) is 19.8 Å². The van der Waals surface area contributed by atoms with Gasteiger partial charge in [0.25, 0.3) is 0 Å². The summed E-state index contributed by atoms with van der Waals surface area (Å²) >= 11 is 1.77. The van der Waals surface area contributed by atoms with Crippen molar-refractivity contribution < 1.29 is 8.42 Å². The lowest BCUT2D eigenvalue weighted by Crippen LogP contribution is -2.23. The van der Waals surface area contributed by atoms with Crippen LogP contribution in [0, 0.1) is 6.92 Å². The molecular weight excluding hydrogens is 218 g/mol. The molecular formula is C9H15NO2S2. The first kappa shape index (κ1) is 11.7. The van der Waals surface area contributed by atoms with E-state index in [2.05, 4.69) is 23.8 Å². The largest absolute Gasteiger partial charge is 0.215 e. The summed E-state index contributed by atoms with van der Waals surface area (Å²) in [6, 6.07) is 4.18. The molecule has 3 nitrogen and oxygen atoms in total. The van der Waals surface area contributed by atoms with Crippen LogP contribution >= 0.6 is 11.3 Å². The van der Waals surface area contributed by atoms with E-state index in [0.29, 0.717) is 6.54 Å². The number of nitrogens with one attached hydrogen (secondary N) is 1. The van der Waals surface area contributed by atoms with Crippen LogP contribution in [0.2, 0.25) is 0 Å². The molecule has 0 saturated heterocycles. The summed E-state index contributed by atoms with van der Waals surface area (Å²) in [7, 11) is -3.02. The fourth-order valence-corrected chi connectivity index (χ4v) is 2.59. The van der Waals surface area contributed by atoms with Crippen molar-refractivity contribution in [2.24, 2.45) is 0 Å². The zero-order valence-corrected chi connectivity index (χ0v) is 10.0. The standard InChI is InChI=1S/C9H15NO2S2/c1-8-5-6-9(13-8)4-3-7-10-14(2,11)12/h5-6,10H,3-4,7H2,1-2H3. The molecule has 1 aromatic heterocycles. The zero-order valence-electron chi connectivity index (χ0n) is 8.41. The molecule has 0 spiro atoms. The Labute approximate surface area is 89.2 Å². The third-order valence-corrected chi connectivity index (χ3v) is 3.55. The van der Waals surface area contributed by atoms with Crippen molar-refractivity contribution in [1.82, 2.24) is 4.72 Å². The first-order valence-corrected chi connectivity index (χ1v) is 7.18. The van der Waals surface area contributed by atoms with Crippen LogP contribution in [-0.2, 0) is 16.4 Å². The molecule has 0 atom stereocenters. The third kappa shape index (κ3) is 4.74. The minimum absolute atomic E-state index is 0.524. The molecule has 5 heteroatoms. The van der Waals surface area contributed by atoms with E-state index in [-0.39, 0.29) is 0 Å². The molecule has 80 valence electrons. The van der Waals surface area contributed by atoms with Gasteiger partial charge in [0.2, 0.25) is 10.0 Å². The Morgan fingerprint density at radius 3 is 2.64 bits per heavy atom. The number of sulfonamides is 1. The van der Waals surface area contributed by atoms with Crippen LogP contribution in [0.1, 0.15) is 16.2 Å². The quantitative estimate of drug-likeness (QED) is 0.784. The highest BCUT2D eigenvalue weighted by molar-refractivity contribution is 7.88. The van der Waals surface area contributed by atoms with Gasteiger partial charge in [-0.05, 0) is 31.9 Å². The van der Waals surface area contributed by atoms with Crippen LogP contribution in [-0.4, -0.2) is 21.2 Å². The summed E-state index contributed by atoms with van der Waals surface area (Å²) in [4.78, 5) is 2.62. The highest BCUT2D eigenvalue weighted by Crippen LogP contribution is 2.16. The number of aryl methyl sites for hydroxylation is 2. The Morgan fingerprint density at radius 1 is 1.43 bits per heavy atom. The van der Waals surface area contributed by atoms with Gasteiger partial charge in [-0.2, -0.15) is 0 Å². The van der Waals surface area contributed by atoms with Crippen molar-refractivity contribution in [1.29, 1.82) is 0 Å². The normalized spacial score (nSPS) is 11.9. The van der Waals surface area contributed by atoms with Crippen LogP contribution < -0.4 is 4.72 Å². The minimum atomic E-state index is -3.02. The molecule has 1 aromatic rings. The van der Waals surface area contributed by atoms with E-state index in [9.17, 15) is 8.42 Å². The molecule has 0 unspecified atom stereocenters. The Balaban J connectivity index is 2.23. The van der Waals surface area contributed by atoms with Gasteiger partial charge < -0.3 is 0 Å². The molecule has 1 N–H and O–H groups in total. The highest BCUT2D eigenvalue weighted by Gasteiger charge is 2.00. The van der Waals surface area contributed by atoms with Crippen molar-refractivity contribution in [2.75, 3.05) is 12.8 Å². The van der Waals surface area contributed by atoms with Gasteiger partial charge in [-0.3, -0.25) is 0 Å². The molecule has 0 amide bonds. The molecule has 0 aliphatic heterocycles. The van der Waals surface area contributed by atoms with Gasteiger partial charge in [0.15, 0.2) is 0 Å². The fourth-order valence-electron chi connectivity index (χ4n) is 1.14. The maximum Gasteiger partial charge on any atom is 0.208 e. The lowest BCUT2D eigenvalue weighted by Gasteiger charge is -2.00. The molecule has 0 fully saturated rings. The summed E-state index contributed by atoms with van der Waals surface area (Å²) in [5.41, 5.74) is 0. The lowest BCUT2D eigenvalue weighted by atomic mass is 10.3. The van der Waals surface area contributed by atoms with E-state index in [0.717, 1.165) is 12.8 Å². The fraction of sp³-hybridized carbons (Fsp3) is 0.556. The van der Waals surface area contributed by atoms with Crippen molar-refractivity contribution in [3.63, 3.8) is 0 Å². The SMILES string of the molecule is Cc1ccc(CCCNS(C)(=O)=O)s1. The molecule has 1 heterocycles. The highest BCUT2D eigenvalue weighted by atomic mass is 32.2. The van der Waals surface area contributed by atoms with Crippen LogP contribution in [0.15, 0.2) is 12.1 Å². The van der Waals surface area contributed by atoms with Gasteiger partial charge in [0.05, 0.1) is 6.26 Å². The molecule has 0 aliphatic rings. The van der Waals surface area contributed by atoms with Gasteiger partial charge in [-0.15, -0.1) is 11.3 Å². The molecule has 1 rings (SSSR count). The van der Waals surface area contributed by atoms with E-state index >= 15 is 0 Å². The van der Waals surface area contributed by atoms with Crippen LogP contribution in [0.5, 0.6) is 0 Å². The average molecular weight is 233 g/mol. The zero-order chi connectivity index (χ0) is 10.6. The molecule has 0 aromatic carbocycles. The number of hydrogen-bond donors (Lipinski definition) is 1. The van der Waals surface area contributed by atoms with Crippen LogP contribution in [0.3, 0.4) is 0 Å². The summed E-state index contributed by atoms with van der Waals surface area (Å²) in [5.74, 6) is 0. The van der Waals surface area contributed by atoms with E-state index in [1.54, 1.807) is 11.3 Å². The Hall–Kier alpha value is -0.390. The monoisotopic (exact) mass is 233 g/mol. The first-order valence-electron chi connectivity index (χ1n) is 4.47. The van der Waals surface area contributed by atoms with Gasteiger partial charge >= 0.3 is 0 Å². The molecule has 14 heavy (non-hydrogen) atoms. The van der Waals surface area contributed by atoms with E-state index < -0.39 is 10.0 Å². The Morgan fingerprint density at radius 2 is 2.14 bits per heavy atom. The maximum absolute atomic E-state index is 10.7. The second-order valence-electron chi connectivity index (χ2n) is 3.28. The molecule has 0 bridgehead atoms. The van der Waals surface area contributed by atoms with Crippen molar-refractivity contribution >= 4 is 21.4 Å². The number of thiophene rings is 1. The summed E-state index contributed by atoms with van der Waals surface area (Å²) in [6.07, 6.45) is 2.98. The minimum Gasteiger partial charge on any atom is -0.215 e. The second-order valence-corrected chi connectivity index (χ2v) is 6.49. The summed E-state index contributed by atoms with van der Waals surface area (Å²) in [5, 5.41) is 0. The van der Waals surface area contributed by atoms with Crippen molar-refractivity contribution in [3.05, 3.63) is 21.9 Å².